The van der Waals surface area contributed by atoms with Gasteiger partial charge in [0.2, 0.25) is 0 Å². The molecule has 1 aliphatic rings. The normalized spacial score (nSPS) is 17.1. The van der Waals surface area contributed by atoms with E-state index in [9.17, 15) is 9.18 Å². The number of halogens is 1. The van der Waals surface area contributed by atoms with Crippen LogP contribution in [0, 0.1) is 5.82 Å². The Morgan fingerprint density at radius 3 is 2.53 bits per heavy atom. The number of carbonyl (C=O) groups excluding carboxylic acids is 1. The Balaban J connectivity index is 1.29. The molecule has 0 saturated carbocycles. The van der Waals surface area contributed by atoms with Crippen LogP contribution in [0.3, 0.4) is 0 Å². The van der Waals surface area contributed by atoms with Gasteiger partial charge in [0.05, 0.1) is 25.0 Å². The lowest BCUT2D eigenvalue weighted by Crippen LogP contribution is -2.33. The summed E-state index contributed by atoms with van der Waals surface area (Å²) in [6.45, 7) is 2.11. The molecule has 1 aromatic heterocycles. The average Bonchev–Trinajstić information content (AvgIpc) is 3.45. The van der Waals surface area contributed by atoms with Crippen LogP contribution in [0.15, 0.2) is 60.9 Å². The van der Waals surface area contributed by atoms with Crippen LogP contribution < -0.4 is 10.5 Å². The number of rotatable bonds is 7. The third-order valence-electron chi connectivity index (χ3n) is 5.25. The standard InChI is InChI=1S/C22H24FN5O2/c23-19-5-1-16(2-6-19)18-9-12-27(13-18)22(29)17-3-7-21(8-4-17)30-15-20(24)14-28-25-10-11-26-28/h1-8,10-11,18,20H,9,12-15,24H2/t18-,20+/m0/s1. The van der Waals surface area contributed by atoms with Crippen LogP contribution in [0.4, 0.5) is 4.39 Å². The number of nitrogens with zero attached hydrogens (tertiary/aromatic N) is 4. The molecule has 0 spiro atoms. The summed E-state index contributed by atoms with van der Waals surface area (Å²) in [6.07, 6.45) is 4.08. The number of nitrogens with two attached hydrogens (primary N) is 1. The first-order chi connectivity index (χ1) is 14.6. The highest BCUT2D eigenvalue weighted by molar-refractivity contribution is 5.94. The van der Waals surface area contributed by atoms with E-state index in [-0.39, 0.29) is 23.7 Å². The molecule has 1 aliphatic heterocycles. The largest absolute Gasteiger partial charge is 0.492 e. The molecule has 7 nitrogen and oxygen atoms in total. The lowest BCUT2D eigenvalue weighted by Gasteiger charge is -2.17. The Bertz CT molecular complexity index is 960. The molecule has 3 aromatic rings. The number of benzene rings is 2. The fourth-order valence-corrected chi connectivity index (χ4v) is 3.63. The maximum Gasteiger partial charge on any atom is 0.253 e. The number of carbonyl (C=O) groups is 1. The molecule has 4 rings (SSSR count). The maximum atomic E-state index is 13.1. The van der Waals surface area contributed by atoms with Crippen LogP contribution in [0.1, 0.15) is 28.3 Å². The summed E-state index contributed by atoms with van der Waals surface area (Å²) in [5, 5.41) is 8.04. The molecular formula is C22H24FN5O2. The first-order valence-electron chi connectivity index (χ1n) is 9.96. The molecule has 1 fully saturated rings. The van der Waals surface area contributed by atoms with E-state index in [1.165, 1.54) is 16.9 Å². The average molecular weight is 409 g/mol. The van der Waals surface area contributed by atoms with Crippen molar-refractivity contribution >= 4 is 5.91 Å². The van der Waals surface area contributed by atoms with Crippen molar-refractivity contribution in [1.29, 1.82) is 0 Å². The number of hydrogen-bond donors (Lipinski definition) is 1. The maximum absolute atomic E-state index is 13.1. The topological polar surface area (TPSA) is 86.3 Å². The molecule has 0 aliphatic carbocycles. The number of hydrogen-bond acceptors (Lipinski definition) is 5. The van der Waals surface area contributed by atoms with Gasteiger partial charge in [0.1, 0.15) is 18.2 Å². The van der Waals surface area contributed by atoms with Gasteiger partial charge in [-0.3, -0.25) is 4.79 Å². The molecule has 0 radical (unpaired) electrons. The minimum Gasteiger partial charge on any atom is -0.492 e. The Morgan fingerprint density at radius 2 is 1.83 bits per heavy atom. The van der Waals surface area contributed by atoms with Crippen molar-refractivity contribution < 1.29 is 13.9 Å². The fourth-order valence-electron chi connectivity index (χ4n) is 3.63. The van der Waals surface area contributed by atoms with Crippen molar-refractivity contribution in [3.63, 3.8) is 0 Å². The molecule has 2 aromatic carbocycles. The monoisotopic (exact) mass is 409 g/mol. The predicted molar refractivity (Wildman–Crippen MR) is 110 cm³/mol. The highest BCUT2D eigenvalue weighted by Gasteiger charge is 2.28. The van der Waals surface area contributed by atoms with Crippen molar-refractivity contribution in [3.8, 4) is 5.75 Å². The fraction of sp³-hybridized carbons (Fsp3) is 0.318. The summed E-state index contributed by atoms with van der Waals surface area (Å²) in [5.41, 5.74) is 7.72. The smallest absolute Gasteiger partial charge is 0.253 e. The molecule has 2 atom stereocenters. The van der Waals surface area contributed by atoms with Crippen molar-refractivity contribution in [1.82, 2.24) is 19.9 Å². The summed E-state index contributed by atoms with van der Waals surface area (Å²) in [6, 6.07) is 13.4. The van der Waals surface area contributed by atoms with Gasteiger partial charge in [-0.2, -0.15) is 15.0 Å². The third kappa shape index (κ3) is 4.83. The second kappa shape index (κ2) is 9.04. The lowest BCUT2D eigenvalue weighted by molar-refractivity contribution is 0.0790. The Labute approximate surface area is 174 Å². The van der Waals surface area contributed by atoms with Gasteiger partial charge in [-0.15, -0.1) is 0 Å². The third-order valence-corrected chi connectivity index (χ3v) is 5.25. The van der Waals surface area contributed by atoms with Crippen LogP contribution in [-0.2, 0) is 6.54 Å². The van der Waals surface area contributed by atoms with Gasteiger partial charge in [0.25, 0.3) is 5.91 Å². The lowest BCUT2D eigenvalue weighted by atomic mass is 9.99. The van der Waals surface area contributed by atoms with Gasteiger partial charge in [0.15, 0.2) is 0 Å². The van der Waals surface area contributed by atoms with E-state index < -0.39 is 0 Å². The highest BCUT2D eigenvalue weighted by Crippen LogP contribution is 2.28. The molecule has 1 amide bonds. The quantitative estimate of drug-likeness (QED) is 0.648. The van der Waals surface area contributed by atoms with E-state index >= 15 is 0 Å². The summed E-state index contributed by atoms with van der Waals surface area (Å²) in [5.74, 6) is 0.641. The first kappa shape index (κ1) is 20.0. The van der Waals surface area contributed by atoms with E-state index in [1.807, 2.05) is 4.90 Å². The predicted octanol–water partition coefficient (Wildman–Crippen LogP) is 2.45. The Kier molecular flexibility index (Phi) is 6.04. The number of likely N-dealkylation sites (tertiary alicyclic amines) is 1. The van der Waals surface area contributed by atoms with E-state index in [0.717, 1.165) is 12.0 Å². The second-order valence-corrected chi connectivity index (χ2v) is 7.47. The van der Waals surface area contributed by atoms with Crippen molar-refractivity contribution in [2.24, 2.45) is 5.73 Å². The first-order valence-corrected chi connectivity index (χ1v) is 9.96. The zero-order chi connectivity index (χ0) is 20.9. The van der Waals surface area contributed by atoms with Crippen LogP contribution in [-0.4, -0.2) is 51.5 Å². The summed E-state index contributed by atoms with van der Waals surface area (Å²) in [7, 11) is 0. The van der Waals surface area contributed by atoms with Crippen LogP contribution in [0.2, 0.25) is 0 Å². The molecule has 0 bridgehead atoms. The zero-order valence-corrected chi connectivity index (χ0v) is 16.5. The van der Waals surface area contributed by atoms with Gasteiger partial charge in [-0.1, -0.05) is 12.1 Å². The number of amides is 1. The molecule has 2 N–H and O–H groups in total. The molecular weight excluding hydrogens is 385 g/mol. The van der Waals surface area contributed by atoms with Gasteiger partial charge >= 0.3 is 0 Å². The van der Waals surface area contributed by atoms with Crippen LogP contribution in [0.5, 0.6) is 5.75 Å². The molecule has 0 unspecified atom stereocenters. The second-order valence-electron chi connectivity index (χ2n) is 7.47. The highest BCUT2D eigenvalue weighted by atomic mass is 19.1. The molecule has 1 saturated heterocycles. The minimum absolute atomic E-state index is 0.00683. The van der Waals surface area contributed by atoms with Crippen molar-refractivity contribution in [3.05, 3.63) is 77.9 Å². The molecule has 156 valence electrons. The van der Waals surface area contributed by atoms with Crippen molar-refractivity contribution in [2.75, 3.05) is 19.7 Å². The Hall–Kier alpha value is -3.26. The van der Waals surface area contributed by atoms with E-state index in [0.29, 0.717) is 37.6 Å². The number of ether oxygens (including phenoxy) is 1. The summed E-state index contributed by atoms with van der Waals surface area (Å²) < 4.78 is 18.8. The van der Waals surface area contributed by atoms with Crippen LogP contribution >= 0.6 is 0 Å². The SMILES string of the molecule is N[C@@H](COc1ccc(C(=O)N2CC[C@H](c3ccc(F)cc3)C2)cc1)Cn1nccn1. The minimum atomic E-state index is -0.244. The van der Waals surface area contributed by atoms with Crippen LogP contribution in [0.25, 0.3) is 0 Å². The van der Waals surface area contributed by atoms with E-state index in [4.69, 9.17) is 10.5 Å². The molecule has 8 heteroatoms. The van der Waals surface area contributed by atoms with Gasteiger partial charge in [-0.25, -0.2) is 4.39 Å². The van der Waals surface area contributed by atoms with Gasteiger partial charge in [0, 0.05) is 24.6 Å². The van der Waals surface area contributed by atoms with E-state index in [2.05, 4.69) is 10.2 Å². The Morgan fingerprint density at radius 1 is 1.13 bits per heavy atom. The van der Waals surface area contributed by atoms with E-state index in [1.54, 1.807) is 48.8 Å². The summed E-state index contributed by atoms with van der Waals surface area (Å²) in [4.78, 5) is 16.2. The molecule has 2 heterocycles. The zero-order valence-electron chi connectivity index (χ0n) is 16.5. The van der Waals surface area contributed by atoms with Crippen molar-refractivity contribution in [2.45, 2.75) is 24.9 Å². The number of aromatic nitrogens is 3. The van der Waals surface area contributed by atoms with Gasteiger partial charge < -0.3 is 15.4 Å². The molecule has 30 heavy (non-hydrogen) atoms. The summed E-state index contributed by atoms with van der Waals surface area (Å²) >= 11 is 0. The van der Waals surface area contributed by atoms with Gasteiger partial charge in [-0.05, 0) is 48.4 Å².